The minimum absolute atomic E-state index is 0.329. The summed E-state index contributed by atoms with van der Waals surface area (Å²) in [6.45, 7) is 2.28. The Bertz CT molecular complexity index is 1100. The third kappa shape index (κ3) is 3.66. The van der Waals surface area contributed by atoms with E-state index in [4.69, 9.17) is 0 Å². The van der Waals surface area contributed by atoms with E-state index in [1.165, 1.54) is 34.7 Å². The Morgan fingerprint density at radius 2 is 1.86 bits per heavy atom. The van der Waals surface area contributed by atoms with Crippen LogP contribution in [0.25, 0.3) is 22.2 Å². The molecule has 1 saturated carbocycles. The van der Waals surface area contributed by atoms with Crippen molar-refractivity contribution in [2.45, 2.75) is 44.2 Å². The van der Waals surface area contributed by atoms with E-state index in [2.05, 4.69) is 93.5 Å². The Kier molecular flexibility index (Phi) is 4.82. The van der Waals surface area contributed by atoms with Crippen molar-refractivity contribution >= 4 is 10.8 Å². The summed E-state index contributed by atoms with van der Waals surface area (Å²) in [5, 5.41) is 21.0. The number of hydrogen-bond donors (Lipinski definition) is 2. The summed E-state index contributed by atoms with van der Waals surface area (Å²) in [4.78, 5) is 0. The summed E-state index contributed by atoms with van der Waals surface area (Å²) in [5.41, 5.74) is 3.77. The summed E-state index contributed by atoms with van der Waals surface area (Å²) in [7, 11) is 0. The molecule has 0 saturated heterocycles. The zero-order chi connectivity index (χ0) is 19.6. The Labute approximate surface area is 170 Å². The summed E-state index contributed by atoms with van der Waals surface area (Å²) in [6, 6.07) is 24.7. The fraction of sp³-hybridized carbons (Fsp3) is 0.292. The van der Waals surface area contributed by atoms with Crippen LogP contribution in [0.5, 0.6) is 0 Å². The first-order chi connectivity index (χ1) is 14.3. The molecule has 3 atom stereocenters. The number of aromatic nitrogens is 4. The fourth-order valence-corrected chi connectivity index (χ4v) is 4.72. The fourth-order valence-electron chi connectivity index (χ4n) is 4.72. The highest BCUT2D eigenvalue weighted by Crippen LogP contribution is 2.37. The number of rotatable bonds is 5. The van der Waals surface area contributed by atoms with Crippen LogP contribution in [0.3, 0.4) is 0 Å². The molecular formula is C24H25N5. The first kappa shape index (κ1) is 18.0. The van der Waals surface area contributed by atoms with Crippen LogP contribution in [0.15, 0.2) is 66.7 Å². The summed E-state index contributed by atoms with van der Waals surface area (Å²) >= 11 is 0. The molecule has 2 N–H and O–H groups in total. The average molecular weight is 383 g/mol. The van der Waals surface area contributed by atoms with Gasteiger partial charge in [0, 0.05) is 17.6 Å². The monoisotopic (exact) mass is 383 g/mol. The van der Waals surface area contributed by atoms with E-state index in [0.29, 0.717) is 23.8 Å². The first-order valence-electron chi connectivity index (χ1n) is 10.4. The Balaban J connectivity index is 1.29. The lowest BCUT2D eigenvalue weighted by molar-refractivity contribution is 0.459. The van der Waals surface area contributed by atoms with Crippen LogP contribution in [0.2, 0.25) is 0 Å². The number of hydrogen-bond acceptors (Lipinski definition) is 4. The van der Waals surface area contributed by atoms with E-state index in [9.17, 15) is 0 Å². The van der Waals surface area contributed by atoms with Crippen molar-refractivity contribution in [3.63, 3.8) is 0 Å². The van der Waals surface area contributed by atoms with Crippen molar-refractivity contribution in [1.82, 2.24) is 25.9 Å². The van der Waals surface area contributed by atoms with E-state index in [-0.39, 0.29) is 0 Å². The molecule has 3 aromatic carbocycles. The number of benzene rings is 3. The second kappa shape index (κ2) is 7.76. The molecule has 5 heteroatoms. The molecule has 146 valence electrons. The van der Waals surface area contributed by atoms with Gasteiger partial charge in [0.05, 0.1) is 0 Å². The zero-order valence-corrected chi connectivity index (χ0v) is 16.5. The molecule has 1 heterocycles. The maximum absolute atomic E-state index is 4.11. The molecule has 0 bridgehead atoms. The Morgan fingerprint density at radius 1 is 1.00 bits per heavy atom. The van der Waals surface area contributed by atoms with Gasteiger partial charge in [-0.05, 0) is 65.3 Å². The average Bonchev–Trinajstić information content (AvgIpc) is 3.46. The van der Waals surface area contributed by atoms with E-state index in [1.54, 1.807) is 0 Å². The van der Waals surface area contributed by atoms with Gasteiger partial charge in [0.1, 0.15) is 0 Å². The van der Waals surface area contributed by atoms with Gasteiger partial charge in [-0.2, -0.15) is 5.21 Å². The number of nitrogens with one attached hydrogen (secondary N) is 2. The van der Waals surface area contributed by atoms with E-state index in [0.717, 1.165) is 12.0 Å². The SMILES string of the molecule is CC(NC1CCC(c2cccc(-c3nn[nH]n3)c2)C1)c1cccc2ccccc12. The number of fused-ring (bicyclic) bond motifs is 1. The van der Waals surface area contributed by atoms with Crippen LogP contribution >= 0.6 is 0 Å². The minimum Gasteiger partial charge on any atom is -0.307 e. The number of tetrazole rings is 1. The third-order valence-electron chi connectivity index (χ3n) is 6.17. The molecule has 0 spiro atoms. The van der Waals surface area contributed by atoms with Gasteiger partial charge in [-0.3, -0.25) is 0 Å². The molecule has 1 aliphatic rings. The van der Waals surface area contributed by atoms with Crippen molar-refractivity contribution in [1.29, 1.82) is 0 Å². The minimum atomic E-state index is 0.329. The Hall–Kier alpha value is -3.05. The smallest absolute Gasteiger partial charge is 0.204 e. The predicted molar refractivity (Wildman–Crippen MR) is 115 cm³/mol. The van der Waals surface area contributed by atoms with Crippen molar-refractivity contribution in [3.8, 4) is 11.4 Å². The van der Waals surface area contributed by atoms with Crippen molar-refractivity contribution < 1.29 is 0 Å². The van der Waals surface area contributed by atoms with E-state index in [1.807, 2.05) is 6.07 Å². The third-order valence-corrected chi connectivity index (χ3v) is 6.17. The lowest BCUT2D eigenvalue weighted by Crippen LogP contribution is -2.29. The van der Waals surface area contributed by atoms with Gasteiger partial charge < -0.3 is 5.32 Å². The van der Waals surface area contributed by atoms with Gasteiger partial charge in [0.2, 0.25) is 5.82 Å². The largest absolute Gasteiger partial charge is 0.307 e. The number of nitrogens with zero attached hydrogens (tertiary/aromatic N) is 3. The molecule has 0 aliphatic heterocycles. The molecule has 5 nitrogen and oxygen atoms in total. The maximum atomic E-state index is 4.11. The molecule has 4 aromatic rings. The lowest BCUT2D eigenvalue weighted by atomic mass is 9.95. The predicted octanol–water partition coefficient (Wildman–Crippen LogP) is 5.01. The van der Waals surface area contributed by atoms with Crippen LogP contribution in [-0.4, -0.2) is 26.7 Å². The summed E-state index contributed by atoms with van der Waals surface area (Å²) in [6.07, 6.45) is 3.56. The highest BCUT2D eigenvalue weighted by atomic mass is 15.5. The Morgan fingerprint density at radius 3 is 2.76 bits per heavy atom. The van der Waals surface area contributed by atoms with Crippen LogP contribution in [0, 0.1) is 0 Å². The molecule has 3 unspecified atom stereocenters. The van der Waals surface area contributed by atoms with Gasteiger partial charge in [0.25, 0.3) is 0 Å². The van der Waals surface area contributed by atoms with Gasteiger partial charge in [-0.25, -0.2) is 0 Å². The standard InChI is InChI=1S/C24H25N5/c1-16(22-11-5-7-17-6-2-3-10-23(17)22)25-21-13-12-19(15-21)18-8-4-9-20(14-18)24-26-28-29-27-24/h2-11,14,16,19,21,25H,12-13,15H2,1H3,(H,26,27,28,29). The van der Waals surface area contributed by atoms with Gasteiger partial charge >= 0.3 is 0 Å². The van der Waals surface area contributed by atoms with Gasteiger partial charge in [-0.15, -0.1) is 10.2 Å². The highest BCUT2D eigenvalue weighted by Gasteiger charge is 2.27. The molecule has 29 heavy (non-hydrogen) atoms. The lowest BCUT2D eigenvalue weighted by Gasteiger charge is -2.21. The van der Waals surface area contributed by atoms with Gasteiger partial charge in [0.15, 0.2) is 0 Å². The number of aromatic amines is 1. The van der Waals surface area contributed by atoms with E-state index >= 15 is 0 Å². The molecule has 5 rings (SSSR count). The quantitative estimate of drug-likeness (QED) is 0.508. The maximum Gasteiger partial charge on any atom is 0.204 e. The molecule has 1 aromatic heterocycles. The van der Waals surface area contributed by atoms with Crippen molar-refractivity contribution in [3.05, 3.63) is 77.9 Å². The molecule has 1 aliphatic carbocycles. The summed E-state index contributed by atoms with van der Waals surface area (Å²) < 4.78 is 0. The second-order valence-electron chi connectivity index (χ2n) is 8.02. The molecular weight excluding hydrogens is 358 g/mol. The van der Waals surface area contributed by atoms with Crippen LogP contribution < -0.4 is 5.32 Å². The van der Waals surface area contributed by atoms with Crippen molar-refractivity contribution in [2.75, 3.05) is 0 Å². The highest BCUT2D eigenvalue weighted by molar-refractivity contribution is 5.86. The van der Waals surface area contributed by atoms with Gasteiger partial charge in [-0.1, -0.05) is 60.7 Å². The first-order valence-corrected chi connectivity index (χ1v) is 10.4. The normalized spacial score (nSPS) is 20.2. The van der Waals surface area contributed by atoms with E-state index < -0.39 is 0 Å². The second-order valence-corrected chi connectivity index (χ2v) is 8.02. The van der Waals surface area contributed by atoms with Crippen molar-refractivity contribution in [2.24, 2.45) is 0 Å². The van der Waals surface area contributed by atoms with Crippen LogP contribution in [0.4, 0.5) is 0 Å². The topological polar surface area (TPSA) is 66.5 Å². The van der Waals surface area contributed by atoms with Crippen LogP contribution in [-0.2, 0) is 0 Å². The zero-order valence-electron chi connectivity index (χ0n) is 16.5. The molecule has 0 amide bonds. The molecule has 1 fully saturated rings. The van der Waals surface area contributed by atoms with Crippen LogP contribution in [0.1, 0.15) is 49.3 Å². The molecule has 0 radical (unpaired) electrons. The summed E-state index contributed by atoms with van der Waals surface area (Å²) in [5.74, 6) is 1.23. The number of H-pyrrole nitrogens is 1.